The number of ether oxygens (including phenoxy) is 2. The quantitative estimate of drug-likeness (QED) is 0.641. The molecule has 0 aliphatic rings. The van der Waals surface area contributed by atoms with Gasteiger partial charge in [0.25, 0.3) is 0 Å². The van der Waals surface area contributed by atoms with Gasteiger partial charge < -0.3 is 14.4 Å². The molecular weight excluding hydrogens is 338 g/mol. The number of ketones is 1. The molecule has 0 atom stereocenters. The summed E-state index contributed by atoms with van der Waals surface area (Å²) in [5.74, 6) is 1.46. The van der Waals surface area contributed by atoms with Crippen molar-refractivity contribution in [2.24, 2.45) is 0 Å². The zero-order chi connectivity index (χ0) is 18.2. The SMILES string of the molecule is COc1ccc(OCCN(C)C(=O)CCC(=O)c2ccc(C)s2)cc1. The van der Waals surface area contributed by atoms with Gasteiger partial charge in [-0.25, -0.2) is 0 Å². The molecule has 1 aromatic heterocycles. The van der Waals surface area contributed by atoms with E-state index in [1.165, 1.54) is 11.3 Å². The lowest BCUT2D eigenvalue weighted by Crippen LogP contribution is -2.31. The maximum Gasteiger partial charge on any atom is 0.222 e. The van der Waals surface area contributed by atoms with E-state index in [4.69, 9.17) is 9.47 Å². The molecule has 134 valence electrons. The van der Waals surface area contributed by atoms with Crippen LogP contribution in [0.4, 0.5) is 0 Å². The van der Waals surface area contributed by atoms with Gasteiger partial charge in [-0.3, -0.25) is 9.59 Å². The first-order valence-corrected chi connectivity index (χ1v) is 8.91. The number of methoxy groups -OCH3 is 1. The number of hydrogen-bond acceptors (Lipinski definition) is 5. The fourth-order valence-corrected chi connectivity index (χ4v) is 3.05. The molecule has 5 nitrogen and oxygen atoms in total. The van der Waals surface area contributed by atoms with Crippen molar-refractivity contribution in [1.29, 1.82) is 0 Å². The molecule has 2 rings (SSSR count). The fraction of sp³-hybridized carbons (Fsp3) is 0.368. The van der Waals surface area contributed by atoms with E-state index >= 15 is 0 Å². The van der Waals surface area contributed by atoms with Gasteiger partial charge in [-0.05, 0) is 43.3 Å². The molecule has 6 heteroatoms. The van der Waals surface area contributed by atoms with Gasteiger partial charge in [0, 0.05) is 24.8 Å². The summed E-state index contributed by atoms with van der Waals surface area (Å²) in [6.07, 6.45) is 0.456. The summed E-state index contributed by atoms with van der Waals surface area (Å²) in [5, 5.41) is 0. The Balaban J connectivity index is 1.69. The number of Topliss-reactive ketones (excluding diaryl/α,β-unsaturated/α-hetero) is 1. The highest BCUT2D eigenvalue weighted by molar-refractivity contribution is 7.14. The van der Waals surface area contributed by atoms with Crippen LogP contribution in [0.1, 0.15) is 27.4 Å². The molecule has 0 bridgehead atoms. The van der Waals surface area contributed by atoms with Gasteiger partial charge in [0.1, 0.15) is 18.1 Å². The zero-order valence-corrected chi connectivity index (χ0v) is 15.6. The van der Waals surface area contributed by atoms with E-state index in [1.807, 2.05) is 43.3 Å². The topological polar surface area (TPSA) is 55.8 Å². The van der Waals surface area contributed by atoms with Crippen LogP contribution in [-0.4, -0.2) is 43.9 Å². The van der Waals surface area contributed by atoms with Crippen molar-refractivity contribution in [3.63, 3.8) is 0 Å². The number of amides is 1. The molecule has 0 saturated heterocycles. The average Bonchev–Trinajstić information content (AvgIpc) is 3.06. The van der Waals surface area contributed by atoms with Crippen molar-refractivity contribution in [1.82, 2.24) is 4.90 Å². The van der Waals surface area contributed by atoms with Crippen molar-refractivity contribution < 1.29 is 19.1 Å². The Morgan fingerprint density at radius 3 is 2.32 bits per heavy atom. The highest BCUT2D eigenvalue weighted by Gasteiger charge is 2.14. The third-order valence-electron chi connectivity index (χ3n) is 3.76. The number of thiophene rings is 1. The molecule has 1 heterocycles. The summed E-state index contributed by atoms with van der Waals surface area (Å²) in [4.78, 5) is 27.6. The van der Waals surface area contributed by atoms with Gasteiger partial charge in [-0.15, -0.1) is 11.3 Å². The molecule has 0 spiro atoms. The van der Waals surface area contributed by atoms with E-state index in [-0.39, 0.29) is 24.5 Å². The minimum absolute atomic E-state index is 0.0225. The number of benzene rings is 1. The molecule has 0 N–H and O–H groups in total. The van der Waals surface area contributed by atoms with Crippen LogP contribution >= 0.6 is 11.3 Å². The van der Waals surface area contributed by atoms with Crippen LogP contribution < -0.4 is 9.47 Å². The predicted molar refractivity (Wildman–Crippen MR) is 98.7 cm³/mol. The molecule has 1 aromatic carbocycles. The standard InChI is InChI=1S/C19H23NO4S/c1-14-4-10-18(25-14)17(21)9-11-19(22)20(2)12-13-24-16-7-5-15(23-3)6-8-16/h4-8,10H,9,11-13H2,1-3H3. The van der Waals surface area contributed by atoms with Crippen molar-refractivity contribution >= 4 is 23.0 Å². The second-order valence-corrected chi connectivity index (χ2v) is 6.96. The number of carbonyl (C=O) groups is 2. The lowest BCUT2D eigenvalue weighted by atomic mass is 10.2. The number of carbonyl (C=O) groups excluding carboxylic acids is 2. The highest BCUT2D eigenvalue weighted by Crippen LogP contribution is 2.18. The first kappa shape index (κ1) is 19.0. The third-order valence-corrected chi connectivity index (χ3v) is 4.80. The van der Waals surface area contributed by atoms with Crippen molar-refractivity contribution in [3.05, 3.63) is 46.2 Å². The van der Waals surface area contributed by atoms with Crippen molar-refractivity contribution in [2.75, 3.05) is 27.3 Å². The van der Waals surface area contributed by atoms with Crippen LogP contribution in [0.15, 0.2) is 36.4 Å². The Labute approximate surface area is 152 Å². The highest BCUT2D eigenvalue weighted by atomic mass is 32.1. The summed E-state index contributed by atoms with van der Waals surface area (Å²) in [5.41, 5.74) is 0. The van der Waals surface area contributed by atoms with Crippen LogP contribution in [0.25, 0.3) is 0 Å². The van der Waals surface area contributed by atoms with Gasteiger partial charge in [-0.2, -0.15) is 0 Å². The maximum absolute atomic E-state index is 12.1. The van der Waals surface area contributed by atoms with Crippen LogP contribution in [0.2, 0.25) is 0 Å². The molecular formula is C19H23NO4S. The van der Waals surface area contributed by atoms with Gasteiger partial charge >= 0.3 is 0 Å². The van der Waals surface area contributed by atoms with Gasteiger partial charge in [0.15, 0.2) is 5.78 Å². The van der Waals surface area contributed by atoms with E-state index < -0.39 is 0 Å². The predicted octanol–water partition coefficient (Wildman–Crippen LogP) is 3.57. The maximum atomic E-state index is 12.1. The summed E-state index contributed by atoms with van der Waals surface area (Å²) in [6.45, 7) is 2.83. The van der Waals surface area contributed by atoms with Gasteiger partial charge in [0.05, 0.1) is 18.5 Å². The summed E-state index contributed by atoms with van der Waals surface area (Å²) in [6, 6.07) is 11.0. The largest absolute Gasteiger partial charge is 0.497 e. The second kappa shape index (κ2) is 9.22. The Bertz CT molecular complexity index is 708. The molecule has 0 saturated carbocycles. The van der Waals surface area contributed by atoms with E-state index in [2.05, 4.69) is 0 Å². The summed E-state index contributed by atoms with van der Waals surface area (Å²) < 4.78 is 10.7. The second-order valence-electron chi connectivity index (χ2n) is 5.67. The van der Waals surface area contributed by atoms with Crippen LogP contribution in [0.5, 0.6) is 11.5 Å². The Kier molecular flexibility index (Phi) is 7.01. The smallest absolute Gasteiger partial charge is 0.222 e. The van der Waals surface area contributed by atoms with Gasteiger partial charge in [-0.1, -0.05) is 0 Å². The minimum atomic E-state index is -0.0556. The fourth-order valence-electron chi connectivity index (χ4n) is 2.22. The number of hydrogen-bond donors (Lipinski definition) is 0. The molecule has 25 heavy (non-hydrogen) atoms. The first-order chi connectivity index (χ1) is 12.0. The van der Waals surface area contributed by atoms with Gasteiger partial charge in [0.2, 0.25) is 5.91 Å². The number of nitrogens with zero attached hydrogens (tertiary/aromatic N) is 1. The lowest BCUT2D eigenvalue weighted by Gasteiger charge is -2.17. The summed E-state index contributed by atoms with van der Waals surface area (Å²) in [7, 11) is 3.33. The Morgan fingerprint density at radius 1 is 1.04 bits per heavy atom. The van der Waals surface area contributed by atoms with Crippen molar-refractivity contribution in [2.45, 2.75) is 19.8 Å². The zero-order valence-electron chi connectivity index (χ0n) is 14.8. The molecule has 0 aliphatic carbocycles. The average molecular weight is 361 g/mol. The molecule has 0 aliphatic heterocycles. The Morgan fingerprint density at radius 2 is 1.72 bits per heavy atom. The van der Waals surface area contributed by atoms with Crippen LogP contribution in [0.3, 0.4) is 0 Å². The van der Waals surface area contributed by atoms with E-state index in [0.717, 1.165) is 21.3 Å². The number of likely N-dealkylation sites (N-methyl/N-ethyl adjacent to an activating group) is 1. The van der Waals surface area contributed by atoms with E-state index in [0.29, 0.717) is 13.2 Å². The van der Waals surface area contributed by atoms with E-state index in [9.17, 15) is 9.59 Å². The summed E-state index contributed by atoms with van der Waals surface area (Å²) >= 11 is 1.47. The normalized spacial score (nSPS) is 10.4. The minimum Gasteiger partial charge on any atom is -0.497 e. The molecule has 1 amide bonds. The molecule has 2 aromatic rings. The van der Waals surface area contributed by atoms with E-state index in [1.54, 1.807) is 19.1 Å². The monoisotopic (exact) mass is 361 g/mol. The molecule has 0 radical (unpaired) electrons. The lowest BCUT2D eigenvalue weighted by molar-refractivity contribution is -0.130. The van der Waals surface area contributed by atoms with Crippen LogP contribution in [0, 0.1) is 6.92 Å². The van der Waals surface area contributed by atoms with Crippen molar-refractivity contribution in [3.8, 4) is 11.5 Å². The number of aryl methyl sites for hydroxylation is 1. The first-order valence-electron chi connectivity index (χ1n) is 8.10. The number of rotatable bonds is 9. The molecule has 0 fully saturated rings. The molecule has 0 unspecified atom stereocenters. The van der Waals surface area contributed by atoms with Crippen LogP contribution in [-0.2, 0) is 4.79 Å². The third kappa shape index (κ3) is 5.90. The Hall–Kier alpha value is -2.34.